The smallest absolute Gasteiger partial charge is 0.260 e. The fourth-order valence-corrected chi connectivity index (χ4v) is 2.93. The zero-order valence-corrected chi connectivity index (χ0v) is 16.1. The molecule has 0 bridgehead atoms. The Kier molecular flexibility index (Phi) is 5.95. The second-order valence-corrected chi connectivity index (χ2v) is 6.56. The quantitative estimate of drug-likeness (QED) is 0.651. The molecule has 2 heterocycles. The zero-order valence-electron chi connectivity index (χ0n) is 16.1. The predicted octanol–water partition coefficient (Wildman–Crippen LogP) is 1.15. The molecule has 1 aromatic heterocycles. The van der Waals surface area contributed by atoms with Gasteiger partial charge in [-0.1, -0.05) is 0 Å². The lowest BCUT2D eigenvalue weighted by molar-refractivity contribution is -0.137. The van der Waals surface area contributed by atoms with Crippen LogP contribution in [0.5, 0.6) is 5.75 Å². The van der Waals surface area contributed by atoms with Crippen LogP contribution in [0.4, 0.5) is 5.69 Å². The van der Waals surface area contributed by atoms with Crippen molar-refractivity contribution in [2.75, 3.05) is 38.2 Å². The summed E-state index contributed by atoms with van der Waals surface area (Å²) in [6.07, 6.45) is 1.48. The minimum absolute atomic E-state index is 0.0284. The topological polar surface area (TPSA) is 111 Å². The molecule has 1 aliphatic rings. The van der Waals surface area contributed by atoms with Crippen molar-refractivity contribution in [3.63, 3.8) is 0 Å². The zero-order chi connectivity index (χ0) is 20.8. The van der Waals surface area contributed by atoms with Gasteiger partial charge in [0.1, 0.15) is 12.1 Å². The molecule has 1 saturated heterocycles. The molecule has 3 aromatic rings. The molecule has 0 saturated carbocycles. The number of hydrogen-bond acceptors (Lipinski definition) is 7. The lowest BCUT2D eigenvalue weighted by Crippen LogP contribution is -2.42. The fourth-order valence-electron chi connectivity index (χ4n) is 2.93. The molecular weight excluding hydrogens is 388 g/mol. The van der Waals surface area contributed by atoms with E-state index >= 15 is 0 Å². The minimum atomic E-state index is -0.241. The van der Waals surface area contributed by atoms with Crippen molar-refractivity contribution in [3.05, 3.63) is 60.4 Å². The van der Waals surface area contributed by atoms with E-state index in [0.29, 0.717) is 43.3 Å². The van der Waals surface area contributed by atoms with E-state index in [1.165, 1.54) is 11.0 Å². The molecule has 2 amide bonds. The highest BCUT2D eigenvalue weighted by Gasteiger charge is 2.17. The number of nitrogens with one attached hydrogen (secondary N) is 1. The number of anilines is 1. The van der Waals surface area contributed by atoms with E-state index in [1.54, 1.807) is 53.4 Å². The molecule has 1 N–H and O–H groups in total. The highest BCUT2D eigenvalue weighted by molar-refractivity contribution is 6.04. The maximum absolute atomic E-state index is 12.4. The Hall–Kier alpha value is -3.79. The molecule has 4 rings (SSSR count). The van der Waals surface area contributed by atoms with Crippen molar-refractivity contribution in [2.24, 2.45) is 0 Å². The summed E-state index contributed by atoms with van der Waals surface area (Å²) in [7, 11) is 0. The van der Waals surface area contributed by atoms with Crippen LogP contribution in [0.2, 0.25) is 0 Å². The van der Waals surface area contributed by atoms with Gasteiger partial charge in [0, 0.05) is 24.3 Å². The minimum Gasteiger partial charge on any atom is -0.484 e. The molecule has 0 aliphatic carbocycles. The number of amides is 2. The van der Waals surface area contributed by atoms with Gasteiger partial charge in [0.15, 0.2) is 6.61 Å². The van der Waals surface area contributed by atoms with Crippen LogP contribution in [0.25, 0.3) is 5.69 Å². The van der Waals surface area contributed by atoms with Gasteiger partial charge in [-0.25, -0.2) is 4.68 Å². The number of tetrazole rings is 1. The standard InChI is InChI=1S/C20H20N6O4/c27-19(25-9-11-29-12-10-25)13-30-18-7-3-16(4-8-18)22-20(28)15-1-5-17(6-2-15)26-14-21-23-24-26/h1-8,14H,9-13H2,(H,22,28). The second-order valence-electron chi connectivity index (χ2n) is 6.56. The Morgan fingerprint density at radius 3 is 2.43 bits per heavy atom. The molecular formula is C20H20N6O4. The summed E-state index contributed by atoms with van der Waals surface area (Å²) in [4.78, 5) is 26.3. The van der Waals surface area contributed by atoms with Crippen molar-refractivity contribution < 1.29 is 19.1 Å². The third-order valence-electron chi connectivity index (χ3n) is 4.58. The number of aromatic nitrogens is 4. The largest absolute Gasteiger partial charge is 0.484 e. The van der Waals surface area contributed by atoms with Gasteiger partial charge >= 0.3 is 0 Å². The summed E-state index contributed by atoms with van der Waals surface area (Å²) in [6.45, 7) is 2.26. The summed E-state index contributed by atoms with van der Waals surface area (Å²) in [5.41, 5.74) is 1.88. The summed E-state index contributed by atoms with van der Waals surface area (Å²) >= 11 is 0. The fraction of sp³-hybridized carbons (Fsp3) is 0.250. The van der Waals surface area contributed by atoms with Crippen LogP contribution in [0.3, 0.4) is 0 Å². The Morgan fingerprint density at radius 2 is 1.77 bits per heavy atom. The number of hydrogen-bond donors (Lipinski definition) is 1. The normalized spacial score (nSPS) is 13.7. The summed E-state index contributed by atoms with van der Waals surface area (Å²) in [5, 5.41) is 13.8. The van der Waals surface area contributed by atoms with Crippen LogP contribution in [0.15, 0.2) is 54.9 Å². The van der Waals surface area contributed by atoms with E-state index in [0.717, 1.165) is 5.69 Å². The molecule has 10 nitrogen and oxygen atoms in total. The van der Waals surface area contributed by atoms with Gasteiger partial charge in [-0.3, -0.25) is 9.59 Å². The Bertz CT molecular complexity index is 983. The maximum atomic E-state index is 12.4. The van der Waals surface area contributed by atoms with E-state index in [2.05, 4.69) is 20.8 Å². The third kappa shape index (κ3) is 4.78. The first-order valence-electron chi connectivity index (χ1n) is 9.42. The number of carbonyl (C=O) groups excluding carboxylic acids is 2. The van der Waals surface area contributed by atoms with E-state index in [1.807, 2.05) is 0 Å². The van der Waals surface area contributed by atoms with Crippen LogP contribution in [0.1, 0.15) is 10.4 Å². The highest BCUT2D eigenvalue weighted by Crippen LogP contribution is 2.17. The number of nitrogens with zero attached hydrogens (tertiary/aromatic N) is 5. The van der Waals surface area contributed by atoms with Gasteiger partial charge < -0.3 is 19.7 Å². The van der Waals surface area contributed by atoms with Gasteiger partial charge in [-0.05, 0) is 59.0 Å². The van der Waals surface area contributed by atoms with Crippen LogP contribution in [-0.4, -0.2) is 69.8 Å². The molecule has 0 atom stereocenters. The number of carbonyl (C=O) groups is 2. The molecule has 2 aromatic carbocycles. The Morgan fingerprint density at radius 1 is 1.03 bits per heavy atom. The van der Waals surface area contributed by atoms with Crippen LogP contribution in [-0.2, 0) is 9.53 Å². The summed E-state index contributed by atoms with van der Waals surface area (Å²) in [6, 6.07) is 13.8. The van der Waals surface area contributed by atoms with Gasteiger partial charge in [0.2, 0.25) is 0 Å². The highest BCUT2D eigenvalue weighted by atomic mass is 16.5. The summed E-state index contributed by atoms with van der Waals surface area (Å²) < 4.78 is 12.3. The first kappa shape index (κ1) is 19.5. The van der Waals surface area contributed by atoms with Crippen molar-refractivity contribution in [1.82, 2.24) is 25.1 Å². The number of morpholine rings is 1. The van der Waals surface area contributed by atoms with Crippen molar-refractivity contribution in [1.29, 1.82) is 0 Å². The van der Waals surface area contributed by atoms with Crippen LogP contribution in [0, 0.1) is 0 Å². The monoisotopic (exact) mass is 408 g/mol. The van der Waals surface area contributed by atoms with Gasteiger partial charge in [-0.15, -0.1) is 5.10 Å². The van der Waals surface area contributed by atoms with Crippen molar-refractivity contribution in [3.8, 4) is 11.4 Å². The number of ether oxygens (including phenoxy) is 2. The Labute approximate surface area is 172 Å². The average Bonchev–Trinajstić information content (AvgIpc) is 3.34. The molecule has 10 heteroatoms. The molecule has 1 aliphatic heterocycles. The van der Waals surface area contributed by atoms with Gasteiger partial charge in [0.05, 0.1) is 18.9 Å². The first-order valence-corrected chi connectivity index (χ1v) is 9.42. The number of benzene rings is 2. The van der Waals surface area contributed by atoms with E-state index in [-0.39, 0.29) is 18.4 Å². The molecule has 0 spiro atoms. The van der Waals surface area contributed by atoms with Gasteiger partial charge in [-0.2, -0.15) is 0 Å². The summed E-state index contributed by atoms with van der Waals surface area (Å²) in [5.74, 6) is 0.246. The predicted molar refractivity (Wildman–Crippen MR) is 106 cm³/mol. The second kappa shape index (κ2) is 9.14. The molecule has 30 heavy (non-hydrogen) atoms. The number of rotatable bonds is 6. The maximum Gasteiger partial charge on any atom is 0.260 e. The van der Waals surface area contributed by atoms with Gasteiger partial charge in [0.25, 0.3) is 11.8 Å². The van der Waals surface area contributed by atoms with Crippen LogP contribution < -0.4 is 10.1 Å². The van der Waals surface area contributed by atoms with Crippen molar-refractivity contribution in [2.45, 2.75) is 0 Å². The molecule has 154 valence electrons. The molecule has 1 fully saturated rings. The van der Waals surface area contributed by atoms with E-state index < -0.39 is 0 Å². The van der Waals surface area contributed by atoms with E-state index in [4.69, 9.17) is 9.47 Å². The first-order chi connectivity index (χ1) is 14.7. The van der Waals surface area contributed by atoms with Crippen LogP contribution >= 0.6 is 0 Å². The third-order valence-corrected chi connectivity index (χ3v) is 4.58. The Balaban J connectivity index is 1.29. The van der Waals surface area contributed by atoms with E-state index in [9.17, 15) is 9.59 Å². The average molecular weight is 408 g/mol. The SMILES string of the molecule is O=C(Nc1ccc(OCC(=O)N2CCOCC2)cc1)c1ccc(-n2cnnn2)cc1. The lowest BCUT2D eigenvalue weighted by Gasteiger charge is -2.26. The van der Waals surface area contributed by atoms with Crippen molar-refractivity contribution >= 4 is 17.5 Å². The molecule has 0 radical (unpaired) electrons. The molecule has 0 unspecified atom stereocenters. The lowest BCUT2D eigenvalue weighted by atomic mass is 10.2.